The van der Waals surface area contributed by atoms with Crippen LogP contribution in [0.1, 0.15) is 45.4 Å². The highest BCUT2D eigenvalue weighted by Crippen LogP contribution is 2.45. The maximum absolute atomic E-state index is 13.2. The van der Waals surface area contributed by atoms with Gasteiger partial charge in [-0.3, -0.25) is 4.79 Å². The second-order valence-electron chi connectivity index (χ2n) is 7.24. The first-order valence-corrected chi connectivity index (χ1v) is 8.39. The lowest BCUT2D eigenvalue weighted by Crippen LogP contribution is -2.53. The van der Waals surface area contributed by atoms with E-state index in [0.29, 0.717) is 17.7 Å². The Morgan fingerprint density at radius 2 is 2.20 bits per heavy atom. The van der Waals surface area contributed by atoms with Gasteiger partial charge in [-0.15, -0.1) is 0 Å². The first-order chi connectivity index (χ1) is 9.63. The molecule has 2 unspecified atom stereocenters. The summed E-state index contributed by atoms with van der Waals surface area (Å²) in [5.74, 6) is 1.48. The van der Waals surface area contributed by atoms with Gasteiger partial charge in [0.1, 0.15) is 0 Å². The van der Waals surface area contributed by atoms with Crippen LogP contribution in [0.2, 0.25) is 0 Å². The van der Waals surface area contributed by atoms with E-state index >= 15 is 0 Å². The van der Waals surface area contributed by atoms with E-state index in [1.54, 1.807) is 0 Å². The molecule has 3 fully saturated rings. The third kappa shape index (κ3) is 2.37. The number of fused-ring (bicyclic) bond motifs is 1. The summed E-state index contributed by atoms with van der Waals surface area (Å²) in [6.45, 7) is 5.84. The minimum Gasteiger partial charge on any atom is -0.342 e. The molecule has 0 aromatic heterocycles. The Morgan fingerprint density at radius 3 is 3.00 bits per heavy atom. The summed E-state index contributed by atoms with van der Waals surface area (Å²) in [5, 5.41) is 3.49. The van der Waals surface area contributed by atoms with Crippen molar-refractivity contribution in [2.75, 3.05) is 26.2 Å². The van der Waals surface area contributed by atoms with Crippen LogP contribution in [0.15, 0.2) is 0 Å². The fourth-order valence-electron chi connectivity index (χ4n) is 4.61. The fourth-order valence-corrected chi connectivity index (χ4v) is 4.61. The van der Waals surface area contributed by atoms with Gasteiger partial charge in [0.2, 0.25) is 5.91 Å². The molecule has 114 valence electrons. The van der Waals surface area contributed by atoms with Gasteiger partial charge < -0.3 is 16.0 Å². The molecule has 3 rings (SSSR count). The monoisotopic (exact) mass is 279 g/mol. The van der Waals surface area contributed by atoms with E-state index in [2.05, 4.69) is 17.1 Å². The van der Waals surface area contributed by atoms with E-state index in [-0.39, 0.29) is 11.5 Å². The summed E-state index contributed by atoms with van der Waals surface area (Å²) in [7, 11) is 0. The highest BCUT2D eigenvalue weighted by atomic mass is 16.2. The third-order valence-electron chi connectivity index (χ3n) is 5.95. The van der Waals surface area contributed by atoms with Crippen molar-refractivity contribution >= 4 is 5.91 Å². The van der Waals surface area contributed by atoms with Gasteiger partial charge in [0, 0.05) is 25.7 Å². The summed E-state index contributed by atoms with van der Waals surface area (Å²) < 4.78 is 0. The molecule has 2 aliphatic heterocycles. The number of carbonyl (C=O) groups is 1. The van der Waals surface area contributed by atoms with Gasteiger partial charge in [-0.05, 0) is 51.0 Å². The molecule has 3 aliphatic rings. The van der Waals surface area contributed by atoms with E-state index < -0.39 is 0 Å². The van der Waals surface area contributed by atoms with Crippen molar-refractivity contribution in [2.45, 2.75) is 51.5 Å². The second-order valence-corrected chi connectivity index (χ2v) is 7.24. The largest absolute Gasteiger partial charge is 0.342 e. The Kier molecular flexibility index (Phi) is 4.04. The first kappa shape index (κ1) is 14.3. The Bertz CT molecular complexity index is 371. The number of hydrogen-bond donors (Lipinski definition) is 2. The zero-order chi connectivity index (χ0) is 14.2. The van der Waals surface area contributed by atoms with Gasteiger partial charge in [0.05, 0.1) is 5.41 Å². The summed E-state index contributed by atoms with van der Waals surface area (Å²) in [6.07, 6.45) is 7.12. The average molecular weight is 279 g/mol. The molecule has 0 bridgehead atoms. The second kappa shape index (κ2) is 5.64. The molecular formula is C16H29N3O. The number of nitrogens with zero attached hydrogens (tertiary/aromatic N) is 1. The zero-order valence-corrected chi connectivity index (χ0v) is 12.7. The van der Waals surface area contributed by atoms with Crippen LogP contribution in [-0.4, -0.2) is 43.0 Å². The highest BCUT2D eigenvalue weighted by Gasteiger charge is 2.51. The minimum absolute atomic E-state index is 0.0853. The SMILES string of the molecule is CC(N)C1CCCN(C(=O)[C@@]23CCCC[C@H]2CNC3)C1. The molecule has 0 spiro atoms. The van der Waals surface area contributed by atoms with Crippen LogP contribution in [0.25, 0.3) is 0 Å². The van der Waals surface area contributed by atoms with Crippen molar-refractivity contribution in [2.24, 2.45) is 23.0 Å². The van der Waals surface area contributed by atoms with Gasteiger partial charge >= 0.3 is 0 Å². The van der Waals surface area contributed by atoms with Crippen molar-refractivity contribution in [3.63, 3.8) is 0 Å². The number of hydrogen-bond acceptors (Lipinski definition) is 3. The van der Waals surface area contributed by atoms with E-state index in [4.69, 9.17) is 5.73 Å². The number of rotatable bonds is 2. The Hall–Kier alpha value is -0.610. The van der Waals surface area contributed by atoms with E-state index in [1.807, 2.05) is 0 Å². The molecule has 1 amide bonds. The number of carbonyl (C=O) groups excluding carboxylic acids is 1. The van der Waals surface area contributed by atoms with Crippen molar-refractivity contribution in [1.82, 2.24) is 10.2 Å². The lowest BCUT2D eigenvalue weighted by atomic mass is 9.67. The molecule has 0 radical (unpaired) electrons. The molecule has 20 heavy (non-hydrogen) atoms. The summed E-state index contributed by atoms with van der Waals surface area (Å²) in [4.78, 5) is 15.3. The van der Waals surface area contributed by atoms with E-state index in [0.717, 1.165) is 39.0 Å². The average Bonchev–Trinajstić information content (AvgIpc) is 2.91. The maximum atomic E-state index is 13.2. The van der Waals surface area contributed by atoms with Crippen LogP contribution in [0.3, 0.4) is 0 Å². The van der Waals surface area contributed by atoms with Crippen LogP contribution >= 0.6 is 0 Å². The maximum Gasteiger partial charge on any atom is 0.230 e. The standard InChI is InChI=1S/C16H29N3O/c1-12(17)13-5-4-8-19(10-13)15(20)16-7-3-2-6-14(16)9-18-11-16/h12-14,18H,2-11,17H2,1H3/t12?,13?,14-,16+/m0/s1. The molecule has 2 heterocycles. The predicted octanol–water partition coefficient (Wildman–Crippen LogP) is 1.35. The predicted molar refractivity (Wildman–Crippen MR) is 80.2 cm³/mol. The number of likely N-dealkylation sites (tertiary alicyclic amines) is 1. The third-order valence-corrected chi connectivity index (χ3v) is 5.95. The summed E-state index contributed by atoms with van der Waals surface area (Å²) in [6, 6.07) is 0.201. The molecule has 0 aromatic rings. The van der Waals surface area contributed by atoms with Crippen molar-refractivity contribution < 1.29 is 4.79 Å². The zero-order valence-electron chi connectivity index (χ0n) is 12.7. The molecule has 4 heteroatoms. The van der Waals surface area contributed by atoms with Gasteiger partial charge in [0.15, 0.2) is 0 Å². The van der Waals surface area contributed by atoms with Crippen molar-refractivity contribution in [3.05, 3.63) is 0 Å². The van der Waals surface area contributed by atoms with E-state index in [9.17, 15) is 4.79 Å². The Labute approximate surface area is 122 Å². The van der Waals surface area contributed by atoms with E-state index in [1.165, 1.54) is 25.7 Å². The van der Waals surface area contributed by atoms with Gasteiger partial charge in [0.25, 0.3) is 0 Å². The summed E-state index contributed by atoms with van der Waals surface area (Å²) >= 11 is 0. The molecule has 4 nitrogen and oxygen atoms in total. The molecular weight excluding hydrogens is 250 g/mol. The fraction of sp³-hybridized carbons (Fsp3) is 0.938. The highest BCUT2D eigenvalue weighted by molar-refractivity contribution is 5.84. The first-order valence-electron chi connectivity index (χ1n) is 8.39. The van der Waals surface area contributed by atoms with Crippen LogP contribution in [0.5, 0.6) is 0 Å². The van der Waals surface area contributed by atoms with Crippen molar-refractivity contribution in [1.29, 1.82) is 0 Å². The van der Waals surface area contributed by atoms with Crippen LogP contribution < -0.4 is 11.1 Å². The topological polar surface area (TPSA) is 58.4 Å². The number of amides is 1. The molecule has 2 saturated heterocycles. The normalized spacial score (nSPS) is 39.4. The van der Waals surface area contributed by atoms with Gasteiger partial charge in [-0.1, -0.05) is 12.8 Å². The Morgan fingerprint density at radius 1 is 1.35 bits per heavy atom. The number of nitrogens with two attached hydrogens (primary N) is 1. The smallest absolute Gasteiger partial charge is 0.230 e. The number of nitrogens with one attached hydrogen (secondary N) is 1. The molecule has 3 N–H and O–H groups in total. The molecule has 0 aromatic carbocycles. The molecule has 4 atom stereocenters. The quantitative estimate of drug-likeness (QED) is 0.802. The Balaban J connectivity index is 1.74. The molecule has 1 aliphatic carbocycles. The van der Waals surface area contributed by atoms with Crippen LogP contribution in [-0.2, 0) is 4.79 Å². The van der Waals surface area contributed by atoms with Gasteiger partial charge in [-0.25, -0.2) is 0 Å². The van der Waals surface area contributed by atoms with Crippen LogP contribution in [0.4, 0.5) is 0 Å². The molecule has 1 saturated carbocycles. The van der Waals surface area contributed by atoms with Crippen LogP contribution in [0, 0.1) is 17.3 Å². The minimum atomic E-state index is -0.0853. The van der Waals surface area contributed by atoms with Crippen molar-refractivity contribution in [3.8, 4) is 0 Å². The number of piperidine rings is 1. The lowest BCUT2D eigenvalue weighted by molar-refractivity contribution is -0.147. The van der Waals surface area contributed by atoms with Gasteiger partial charge in [-0.2, -0.15) is 0 Å². The summed E-state index contributed by atoms with van der Waals surface area (Å²) in [5.41, 5.74) is 5.98. The lowest BCUT2D eigenvalue weighted by Gasteiger charge is -2.43.